The lowest BCUT2D eigenvalue weighted by molar-refractivity contribution is 0.0605. The van der Waals surface area contributed by atoms with Gasteiger partial charge in [-0.1, -0.05) is 18.5 Å². The van der Waals surface area contributed by atoms with Gasteiger partial charge in [-0.3, -0.25) is 4.68 Å². The summed E-state index contributed by atoms with van der Waals surface area (Å²) in [5.74, 6) is -0.319. The van der Waals surface area contributed by atoms with Gasteiger partial charge in [0.15, 0.2) is 0 Å². The summed E-state index contributed by atoms with van der Waals surface area (Å²) < 4.78 is 6.58. The lowest BCUT2D eigenvalue weighted by atomic mass is 10.2. The zero-order valence-electron chi connectivity index (χ0n) is 11.6. The smallest absolute Gasteiger partial charge is 0.349 e. The molecule has 0 saturated heterocycles. The Bertz CT molecular complexity index is 609. The molecule has 0 amide bonds. The summed E-state index contributed by atoms with van der Waals surface area (Å²) in [6.07, 6.45) is 4.80. The Kier molecular flexibility index (Phi) is 4.77. The van der Waals surface area contributed by atoms with E-state index in [-0.39, 0.29) is 12.0 Å². The highest BCUT2D eigenvalue weighted by Crippen LogP contribution is 2.24. The Labute approximate surface area is 126 Å². The predicted octanol–water partition coefficient (Wildman–Crippen LogP) is 3.15. The van der Waals surface area contributed by atoms with Gasteiger partial charge in [-0.05, 0) is 13.3 Å². The fraction of sp³-hybridized carbons (Fsp3) is 0.462. The molecule has 0 bridgehead atoms. The number of methoxy groups -OCH3 is 1. The number of aromatic nitrogens is 3. The van der Waals surface area contributed by atoms with E-state index in [1.165, 1.54) is 18.4 Å². The van der Waals surface area contributed by atoms with Gasteiger partial charge < -0.3 is 4.74 Å². The number of hydrogen-bond donors (Lipinski definition) is 0. The SMILES string of the molecule is CCc1nc(C[C@@H](C)n2cc(Cl)cn2)sc1C(=O)OC. The van der Waals surface area contributed by atoms with Crippen LogP contribution in [0.2, 0.25) is 5.02 Å². The molecule has 2 rings (SSSR count). The van der Waals surface area contributed by atoms with Crippen molar-refractivity contribution in [1.82, 2.24) is 14.8 Å². The van der Waals surface area contributed by atoms with Crippen molar-refractivity contribution < 1.29 is 9.53 Å². The highest BCUT2D eigenvalue weighted by atomic mass is 35.5. The maximum absolute atomic E-state index is 11.7. The highest BCUT2D eigenvalue weighted by molar-refractivity contribution is 7.13. The van der Waals surface area contributed by atoms with Crippen LogP contribution in [-0.4, -0.2) is 27.8 Å². The summed E-state index contributed by atoms with van der Waals surface area (Å²) in [5, 5.41) is 5.70. The van der Waals surface area contributed by atoms with E-state index >= 15 is 0 Å². The van der Waals surface area contributed by atoms with Crippen LogP contribution in [0.5, 0.6) is 0 Å². The van der Waals surface area contributed by atoms with Crippen LogP contribution in [0.1, 0.15) is 40.3 Å². The number of halogens is 1. The number of rotatable bonds is 5. The Morgan fingerprint density at radius 2 is 2.35 bits per heavy atom. The molecule has 0 fully saturated rings. The number of ether oxygens (including phenoxy) is 1. The van der Waals surface area contributed by atoms with Crippen molar-refractivity contribution in [3.8, 4) is 0 Å². The van der Waals surface area contributed by atoms with Gasteiger partial charge >= 0.3 is 5.97 Å². The van der Waals surface area contributed by atoms with Gasteiger partial charge in [0, 0.05) is 12.6 Å². The lowest BCUT2D eigenvalue weighted by Crippen LogP contribution is -2.08. The number of nitrogens with zero attached hydrogens (tertiary/aromatic N) is 3. The van der Waals surface area contributed by atoms with E-state index in [1.807, 2.05) is 13.8 Å². The second-order valence-corrected chi connectivity index (χ2v) is 5.94. The summed E-state index contributed by atoms with van der Waals surface area (Å²) in [7, 11) is 1.38. The van der Waals surface area contributed by atoms with Crippen molar-refractivity contribution in [2.24, 2.45) is 0 Å². The minimum absolute atomic E-state index is 0.129. The Morgan fingerprint density at radius 1 is 1.60 bits per heavy atom. The molecule has 0 aliphatic carbocycles. The van der Waals surface area contributed by atoms with Crippen LogP contribution in [0.3, 0.4) is 0 Å². The Hall–Kier alpha value is -1.40. The number of carbonyl (C=O) groups is 1. The highest BCUT2D eigenvalue weighted by Gasteiger charge is 2.19. The summed E-state index contributed by atoms with van der Waals surface area (Å²) in [5.41, 5.74) is 0.794. The van der Waals surface area contributed by atoms with Crippen molar-refractivity contribution in [1.29, 1.82) is 0 Å². The largest absolute Gasteiger partial charge is 0.465 e. The average Bonchev–Trinajstić information content (AvgIpc) is 3.04. The number of thiazole rings is 1. The molecule has 0 saturated carbocycles. The summed E-state index contributed by atoms with van der Waals surface area (Å²) in [6, 6.07) is 0.129. The molecule has 2 heterocycles. The van der Waals surface area contributed by atoms with E-state index < -0.39 is 0 Å². The van der Waals surface area contributed by atoms with Crippen LogP contribution in [0, 0.1) is 0 Å². The second-order valence-electron chi connectivity index (χ2n) is 4.42. The standard InChI is InChI=1S/C13H16ClN3O2S/c1-4-10-12(13(18)19-3)20-11(16-10)5-8(2)17-7-9(14)6-15-17/h6-8H,4-5H2,1-3H3/t8-/m1/s1. The molecule has 0 aliphatic rings. The van der Waals surface area contributed by atoms with Crippen LogP contribution in [0.15, 0.2) is 12.4 Å². The van der Waals surface area contributed by atoms with Crippen molar-refractivity contribution in [3.63, 3.8) is 0 Å². The number of aryl methyl sites for hydroxylation is 1. The van der Waals surface area contributed by atoms with Crippen molar-refractivity contribution in [2.45, 2.75) is 32.7 Å². The molecule has 108 valence electrons. The summed E-state index contributed by atoms with van der Waals surface area (Å²) in [4.78, 5) is 16.8. The zero-order valence-corrected chi connectivity index (χ0v) is 13.2. The first-order valence-corrected chi connectivity index (χ1v) is 7.51. The number of carbonyl (C=O) groups excluding carboxylic acids is 1. The molecular formula is C13H16ClN3O2S. The van der Waals surface area contributed by atoms with E-state index in [1.54, 1.807) is 17.1 Å². The normalized spacial score (nSPS) is 12.4. The maximum Gasteiger partial charge on any atom is 0.349 e. The van der Waals surface area contributed by atoms with E-state index in [0.717, 1.165) is 10.7 Å². The molecule has 0 aromatic carbocycles. The number of esters is 1. The number of hydrogen-bond acceptors (Lipinski definition) is 5. The maximum atomic E-state index is 11.7. The van der Waals surface area contributed by atoms with Gasteiger partial charge in [0.05, 0.1) is 35.1 Å². The van der Waals surface area contributed by atoms with Crippen molar-refractivity contribution in [2.75, 3.05) is 7.11 Å². The Balaban J connectivity index is 2.17. The van der Waals surface area contributed by atoms with Gasteiger partial charge in [0.1, 0.15) is 4.88 Å². The van der Waals surface area contributed by atoms with E-state index in [9.17, 15) is 4.79 Å². The minimum atomic E-state index is -0.319. The molecule has 0 radical (unpaired) electrons. The molecule has 5 nitrogen and oxygen atoms in total. The zero-order chi connectivity index (χ0) is 14.7. The average molecular weight is 314 g/mol. The van der Waals surface area contributed by atoms with Crippen molar-refractivity contribution >= 4 is 28.9 Å². The molecular weight excluding hydrogens is 298 g/mol. The van der Waals surface area contributed by atoms with E-state index in [2.05, 4.69) is 10.1 Å². The molecule has 1 atom stereocenters. The first-order valence-electron chi connectivity index (χ1n) is 6.31. The molecule has 0 N–H and O–H groups in total. The first-order chi connectivity index (χ1) is 9.55. The van der Waals surface area contributed by atoms with Crippen LogP contribution in [0.25, 0.3) is 0 Å². The molecule has 0 spiro atoms. The molecule has 20 heavy (non-hydrogen) atoms. The third kappa shape index (κ3) is 3.19. The third-order valence-electron chi connectivity index (χ3n) is 2.94. The van der Waals surface area contributed by atoms with Gasteiger partial charge in [-0.15, -0.1) is 11.3 Å². The topological polar surface area (TPSA) is 57.0 Å². The Morgan fingerprint density at radius 3 is 2.90 bits per heavy atom. The second kappa shape index (κ2) is 6.37. The molecule has 7 heteroatoms. The van der Waals surface area contributed by atoms with E-state index in [4.69, 9.17) is 16.3 Å². The lowest BCUT2D eigenvalue weighted by Gasteiger charge is -2.09. The van der Waals surface area contributed by atoms with Crippen LogP contribution < -0.4 is 0 Å². The molecule has 0 aliphatic heterocycles. The van der Waals surface area contributed by atoms with Crippen LogP contribution in [-0.2, 0) is 17.6 Å². The van der Waals surface area contributed by atoms with E-state index in [0.29, 0.717) is 22.7 Å². The fourth-order valence-corrected chi connectivity index (χ4v) is 3.22. The predicted molar refractivity (Wildman–Crippen MR) is 78.5 cm³/mol. The monoisotopic (exact) mass is 313 g/mol. The summed E-state index contributed by atoms with van der Waals surface area (Å²) >= 11 is 7.25. The van der Waals surface area contributed by atoms with Crippen LogP contribution >= 0.6 is 22.9 Å². The molecule has 2 aromatic heterocycles. The summed E-state index contributed by atoms with van der Waals surface area (Å²) in [6.45, 7) is 4.01. The molecule has 0 unspecified atom stereocenters. The van der Waals surface area contributed by atoms with Gasteiger partial charge in [0.25, 0.3) is 0 Å². The van der Waals surface area contributed by atoms with Crippen LogP contribution in [0.4, 0.5) is 0 Å². The quantitative estimate of drug-likeness (QED) is 0.796. The minimum Gasteiger partial charge on any atom is -0.465 e. The molecule has 2 aromatic rings. The third-order valence-corrected chi connectivity index (χ3v) is 4.23. The first kappa shape index (κ1) is 15.0. The van der Waals surface area contributed by atoms with Gasteiger partial charge in [-0.2, -0.15) is 5.10 Å². The van der Waals surface area contributed by atoms with Crippen molar-refractivity contribution in [3.05, 3.63) is 33.0 Å². The fourth-order valence-electron chi connectivity index (χ4n) is 1.88. The van der Waals surface area contributed by atoms with Gasteiger partial charge in [-0.25, -0.2) is 9.78 Å². The van der Waals surface area contributed by atoms with Gasteiger partial charge in [0.2, 0.25) is 0 Å².